The smallest absolute Gasteiger partial charge is 0.254 e. The Labute approximate surface area is 122 Å². The van der Waals surface area contributed by atoms with Crippen LogP contribution in [-0.2, 0) is 5.41 Å². The van der Waals surface area contributed by atoms with Crippen molar-refractivity contribution in [3.8, 4) is 0 Å². The maximum absolute atomic E-state index is 14.5. The minimum atomic E-state index is -2.60. The Kier molecular flexibility index (Phi) is 2.28. The molecule has 0 spiro atoms. The monoisotopic (exact) mass is 293 g/mol. The van der Waals surface area contributed by atoms with E-state index in [-0.39, 0.29) is 5.41 Å². The van der Waals surface area contributed by atoms with Crippen LogP contribution in [0.4, 0.5) is 8.78 Å². The second kappa shape index (κ2) is 3.59. The lowest BCUT2D eigenvalue weighted by atomic mass is 9.63. The summed E-state index contributed by atoms with van der Waals surface area (Å²) in [7, 11) is 0. The van der Waals surface area contributed by atoms with E-state index in [1.54, 1.807) is 0 Å². The van der Waals surface area contributed by atoms with Gasteiger partial charge in [-0.2, -0.15) is 0 Å². The summed E-state index contributed by atoms with van der Waals surface area (Å²) in [6.45, 7) is 0. The minimum Gasteiger partial charge on any atom is -0.393 e. The Balaban J connectivity index is 1.85. The number of hydrogen-bond donors (Lipinski definition) is 1. The minimum absolute atomic E-state index is 0.139. The van der Waals surface area contributed by atoms with Gasteiger partial charge in [0, 0.05) is 17.3 Å². The molecule has 4 fully saturated rings. The van der Waals surface area contributed by atoms with E-state index in [0.717, 1.165) is 0 Å². The number of nitrogens with two attached hydrogens (primary N) is 1. The molecule has 5 rings (SSSR count). The highest BCUT2D eigenvalue weighted by Crippen LogP contribution is 2.75. The molecule has 106 valence electrons. The first-order chi connectivity index (χ1) is 9.41. The van der Waals surface area contributed by atoms with E-state index in [1.165, 1.54) is 5.56 Å². The summed E-state index contributed by atoms with van der Waals surface area (Å²) in [5.41, 5.74) is 6.34. The first kappa shape index (κ1) is 12.7. The van der Waals surface area contributed by atoms with E-state index in [2.05, 4.69) is 12.1 Å². The number of hydrogen-bond acceptors (Lipinski definition) is 1. The van der Waals surface area contributed by atoms with Gasteiger partial charge in [-0.3, -0.25) is 0 Å². The maximum Gasteiger partial charge on any atom is 0.254 e. The Morgan fingerprint density at radius 1 is 1.15 bits per heavy atom. The van der Waals surface area contributed by atoms with E-state index in [4.69, 9.17) is 18.0 Å². The molecular formula is C16H17F2NS. The van der Waals surface area contributed by atoms with Crippen molar-refractivity contribution in [2.24, 2.45) is 23.0 Å². The molecule has 4 unspecified atom stereocenters. The molecule has 1 aromatic carbocycles. The molecule has 0 heterocycles. The molecule has 4 atom stereocenters. The molecular weight excluding hydrogens is 276 g/mol. The van der Waals surface area contributed by atoms with Crippen molar-refractivity contribution >= 4 is 17.2 Å². The molecule has 4 saturated carbocycles. The van der Waals surface area contributed by atoms with Crippen LogP contribution in [0.1, 0.15) is 31.2 Å². The maximum atomic E-state index is 14.5. The molecule has 0 amide bonds. The summed E-state index contributed by atoms with van der Waals surface area (Å²) >= 11 is 5.20. The third kappa shape index (κ3) is 1.29. The SMILES string of the molecule is NC(=S)C12CC3CC(c4ccccc4)(CC1C3(F)F)C2. The first-order valence-corrected chi connectivity index (χ1v) is 7.55. The van der Waals surface area contributed by atoms with Gasteiger partial charge in [0.05, 0.1) is 4.99 Å². The summed E-state index contributed by atoms with van der Waals surface area (Å²) in [5.74, 6) is -3.82. The van der Waals surface area contributed by atoms with Gasteiger partial charge in [0.1, 0.15) is 0 Å². The zero-order chi connectivity index (χ0) is 14.2. The fraction of sp³-hybridized carbons (Fsp3) is 0.562. The van der Waals surface area contributed by atoms with Gasteiger partial charge in [-0.25, -0.2) is 8.78 Å². The van der Waals surface area contributed by atoms with E-state index in [1.807, 2.05) is 18.2 Å². The van der Waals surface area contributed by atoms with E-state index in [0.29, 0.717) is 30.7 Å². The molecule has 1 aromatic rings. The average molecular weight is 293 g/mol. The highest BCUT2D eigenvalue weighted by molar-refractivity contribution is 7.80. The summed E-state index contributed by atoms with van der Waals surface area (Å²) in [6.07, 6.45) is 2.29. The Hall–Kier alpha value is -1.03. The summed E-state index contributed by atoms with van der Waals surface area (Å²) in [5, 5.41) is 0. The largest absolute Gasteiger partial charge is 0.393 e. The zero-order valence-corrected chi connectivity index (χ0v) is 11.9. The van der Waals surface area contributed by atoms with Crippen molar-refractivity contribution < 1.29 is 8.78 Å². The van der Waals surface area contributed by atoms with Crippen LogP contribution in [0.25, 0.3) is 0 Å². The third-order valence-electron chi connectivity index (χ3n) is 6.05. The van der Waals surface area contributed by atoms with Crippen molar-refractivity contribution in [2.45, 2.75) is 37.0 Å². The van der Waals surface area contributed by atoms with Crippen molar-refractivity contribution in [1.82, 2.24) is 0 Å². The highest BCUT2D eigenvalue weighted by Gasteiger charge is 2.76. The van der Waals surface area contributed by atoms with Gasteiger partial charge < -0.3 is 5.73 Å². The fourth-order valence-electron chi connectivity index (χ4n) is 5.29. The van der Waals surface area contributed by atoms with Gasteiger partial charge in [-0.15, -0.1) is 0 Å². The van der Waals surface area contributed by atoms with Gasteiger partial charge in [0.2, 0.25) is 0 Å². The lowest BCUT2D eigenvalue weighted by Crippen LogP contribution is -2.41. The van der Waals surface area contributed by atoms with Crippen molar-refractivity contribution in [1.29, 1.82) is 0 Å². The molecule has 0 saturated heterocycles. The molecule has 0 aliphatic heterocycles. The normalized spacial score (nSPS) is 43.9. The second-order valence-corrected chi connectivity index (χ2v) is 7.32. The van der Waals surface area contributed by atoms with Crippen LogP contribution in [0.3, 0.4) is 0 Å². The van der Waals surface area contributed by atoms with Crippen LogP contribution in [-0.4, -0.2) is 10.9 Å². The lowest BCUT2D eigenvalue weighted by Gasteiger charge is -2.42. The summed E-state index contributed by atoms with van der Waals surface area (Å²) < 4.78 is 29.0. The topological polar surface area (TPSA) is 26.0 Å². The number of alkyl halides is 2. The van der Waals surface area contributed by atoms with Crippen molar-refractivity contribution in [2.75, 3.05) is 0 Å². The van der Waals surface area contributed by atoms with E-state index >= 15 is 0 Å². The van der Waals surface area contributed by atoms with Crippen molar-refractivity contribution in [3.05, 3.63) is 35.9 Å². The number of thiocarbonyl (C=S) groups is 1. The molecule has 2 N–H and O–H groups in total. The summed E-state index contributed by atoms with van der Waals surface area (Å²) in [4.78, 5) is 0.308. The number of rotatable bonds is 2. The zero-order valence-electron chi connectivity index (χ0n) is 11.1. The standard InChI is InChI=1S/C16H17F2NS/c17-16(18)11-6-14(10-4-2-1-3-5-10)8-12(16)15(7-11,9-14)13(19)20/h1-5,11-12H,6-9H2,(H2,19,20). The van der Waals surface area contributed by atoms with E-state index in [9.17, 15) is 8.78 Å². The fourth-order valence-corrected chi connectivity index (χ4v) is 5.59. The Morgan fingerprint density at radius 3 is 2.45 bits per heavy atom. The second-order valence-electron chi connectivity index (χ2n) is 6.88. The molecule has 4 aliphatic carbocycles. The quantitative estimate of drug-likeness (QED) is 0.842. The highest BCUT2D eigenvalue weighted by atomic mass is 32.1. The van der Waals surface area contributed by atoms with Crippen LogP contribution in [0, 0.1) is 17.3 Å². The van der Waals surface area contributed by atoms with E-state index < -0.39 is 23.2 Å². The predicted octanol–water partition coefficient (Wildman–Crippen LogP) is 3.67. The molecule has 4 aliphatic rings. The van der Waals surface area contributed by atoms with Gasteiger partial charge in [0.25, 0.3) is 5.92 Å². The predicted molar refractivity (Wildman–Crippen MR) is 77.7 cm³/mol. The van der Waals surface area contributed by atoms with Gasteiger partial charge in [-0.05, 0) is 36.7 Å². The van der Waals surface area contributed by atoms with Crippen molar-refractivity contribution in [3.63, 3.8) is 0 Å². The van der Waals surface area contributed by atoms with Crippen LogP contribution in [0.15, 0.2) is 30.3 Å². The lowest BCUT2D eigenvalue weighted by molar-refractivity contribution is -0.106. The van der Waals surface area contributed by atoms with Crippen LogP contribution < -0.4 is 5.73 Å². The van der Waals surface area contributed by atoms with Crippen LogP contribution >= 0.6 is 12.2 Å². The first-order valence-electron chi connectivity index (χ1n) is 7.14. The summed E-state index contributed by atoms with van der Waals surface area (Å²) in [6, 6.07) is 10.1. The van der Waals surface area contributed by atoms with Crippen LogP contribution in [0.5, 0.6) is 0 Å². The third-order valence-corrected chi connectivity index (χ3v) is 6.46. The molecule has 4 heteroatoms. The molecule has 20 heavy (non-hydrogen) atoms. The van der Waals surface area contributed by atoms with Gasteiger partial charge >= 0.3 is 0 Å². The molecule has 4 bridgehead atoms. The average Bonchev–Trinajstić information content (AvgIpc) is 2.77. The van der Waals surface area contributed by atoms with Gasteiger partial charge in [-0.1, -0.05) is 42.5 Å². The Bertz CT molecular complexity index is 587. The van der Waals surface area contributed by atoms with Crippen LogP contribution in [0.2, 0.25) is 0 Å². The van der Waals surface area contributed by atoms with Gasteiger partial charge in [0.15, 0.2) is 0 Å². The number of benzene rings is 1. The Morgan fingerprint density at radius 2 is 1.85 bits per heavy atom. The molecule has 1 nitrogen and oxygen atoms in total. The number of halogens is 2. The molecule has 0 aromatic heterocycles. The molecule has 0 radical (unpaired) electrons.